The Morgan fingerprint density at radius 1 is 1.58 bits per heavy atom. The van der Waals surface area contributed by atoms with Crippen LogP contribution in [-0.4, -0.2) is 36.9 Å². The first-order chi connectivity index (χ1) is 5.74. The summed E-state index contributed by atoms with van der Waals surface area (Å²) in [4.78, 5) is 11.0. The number of aliphatic hydroxyl groups is 1. The molecule has 0 aromatic heterocycles. The van der Waals surface area contributed by atoms with Crippen LogP contribution >= 0.6 is 0 Å². The SMILES string of the molecule is CCOCC(=O)NC(CC)CO. The van der Waals surface area contributed by atoms with Crippen LogP contribution in [0, 0.1) is 0 Å². The molecule has 0 spiro atoms. The van der Waals surface area contributed by atoms with Crippen LogP contribution in [0.25, 0.3) is 0 Å². The number of nitrogens with one attached hydrogen (secondary N) is 1. The molecule has 0 saturated carbocycles. The molecule has 0 aromatic carbocycles. The highest BCUT2D eigenvalue weighted by Crippen LogP contribution is 1.88. The maximum absolute atomic E-state index is 11.0. The van der Waals surface area contributed by atoms with E-state index >= 15 is 0 Å². The summed E-state index contributed by atoms with van der Waals surface area (Å²) in [6.45, 7) is 4.32. The Labute approximate surface area is 72.9 Å². The van der Waals surface area contributed by atoms with Crippen molar-refractivity contribution in [3.63, 3.8) is 0 Å². The monoisotopic (exact) mass is 175 g/mol. The largest absolute Gasteiger partial charge is 0.394 e. The Bertz CT molecular complexity index is 123. The summed E-state index contributed by atoms with van der Waals surface area (Å²) in [6, 6.07) is -0.141. The van der Waals surface area contributed by atoms with Gasteiger partial charge in [0.05, 0.1) is 12.6 Å². The highest BCUT2D eigenvalue weighted by atomic mass is 16.5. The molecule has 0 fully saturated rings. The molecule has 1 amide bonds. The number of hydrogen-bond acceptors (Lipinski definition) is 3. The molecule has 0 aromatic rings. The number of ether oxygens (including phenoxy) is 1. The topological polar surface area (TPSA) is 58.6 Å². The zero-order valence-electron chi connectivity index (χ0n) is 7.67. The van der Waals surface area contributed by atoms with Crippen LogP contribution in [0.5, 0.6) is 0 Å². The molecule has 0 saturated heterocycles. The van der Waals surface area contributed by atoms with Crippen LogP contribution in [0.15, 0.2) is 0 Å². The summed E-state index contributed by atoms with van der Waals surface area (Å²) in [5.41, 5.74) is 0. The first-order valence-corrected chi connectivity index (χ1v) is 4.22. The number of rotatable bonds is 6. The molecular weight excluding hydrogens is 158 g/mol. The lowest BCUT2D eigenvalue weighted by atomic mass is 10.2. The van der Waals surface area contributed by atoms with Gasteiger partial charge in [-0.05, 0) is 13.3 Å². The molecule has 0 rings (SSSR count). The lowest BCUT2D eigenvalue weighted by Crippen LogP contribution is -2.39. The number of amides is 1. The van der Waals surface area contributed by atoms with Gasteiger partial charge in [0, 0.05) is 6.61 Å². The third-order valence-corrected chi connectivity index (χ3v) is 1.52. The molecule has 1 atom stereocenters. The molecule has 0 radical (unpaired) electrons. The van der Waals surface area contributed by atoms with Gasteiger partial charge < -0.3 is 15.2 Å². The molecule has 1 unspecified atom stereocenters. The standard InChI is InChI=1S/C8H17NO3/c1-3-7(5-10)9-8(11)6-12-4-2/h7,10H,3-6H2,1-2H3,(H,9,11). The van der Waals surface area contributed by atoms with Gasteiger partial charge in [0.1, 0.15) is 6.61 Å². The second-order valence-electron chi connectivity index (χ2n) is 2.49. The molecule has 0 heterocycles. The van der Waals surface area contributed by atoms with E-state index in [-0.39, 0.29) is 25.2 Å². The van der Waals surface area contributed by atoms with E-state index in [0.29, 0.717) is 6.61 Å². The minimum Gasteiger partial charge on any atom is -0.394 e. The molecule has 0 bridgehead atoms. The van der Waals surface area contributed by atoms with Crippen molar-refractivity contribution in [2.45, 2.75) is 26.3 Å². The van der Waals surface area contributed by atoms with Gasteiger partial charge in [-0.1, -0.05) is 6.92 Å². The predicted molar refractivity (Wildman–Crippen MR) is 45.8 cm³/mol. The van der Waals surface area contributed by atoms with Crippen molar-refractivity contribution < 1.29 is 14.6 Å². The minimum atomic E-state index is -0.169. The number of hydrogen-bond donors (Lipinski definition) is 2. The molecule has 4 heteroatoms. The zero-order chi connectivity index (χ0) is 9.40. The van der Waals surface area contributed by atoms with Crippen LogP contribution in [0.1, 0.15) is 20.3 Å². The van der Waals surface area contributed by atoms with E-state index in [1.165, 1.54) is 0 Å². The number of aliphatic hydroxyl groups excluding tert-OH is 1. The average molecular weight is 175 g/mol. The van der Waals surface area contributed by atoms with Gasteiger partial charge in [0.2, 0.25) is 5.91 Å². The number of carbonyl (C=O) groups excluding carboxylic acids is 1. The fraction of sp³-hybridized carbons (Fsp3) is 0.875. The average Bonchev–Trinajstić information content (AvgIpc) is 2.10. The normalized spacial score (nSPS) is 12.6. The Morgan fingerprint density at radius 3 is 2.67 bits per heavy atom. The van der Waals surface area contributed by atoms with E-state index in [0.717, 1.165) is 6.42 Å². The van der Waals surface area contributed by atoms with Gasteiger partial charge in [-0.2, -0.15) is 0 Å². The fourth-order valence-electron chi connectivity index (χ4n) is 0.741. The van der Waals surface area contributed by atoms with Gasteiger partial charge in [0.25, 0.3) is 0 Å². The lowest BCUT2D eigenvalue weighted by molar-refractivity contribution is -0.126. The van der Waals surface area contributed by atoms with E-state index in [9.17, 15) is 4.79 Å². The van der Waals surface area contributed by atoms with Gasteiger partial charge in [-0.3, -0.25) is 4.79 Å². The molecule has 0 aliphatic rings. The first kappa shape index (κ1) is 11.4. The number of carbonyl (C=O) groups is 1. The molecule has 72 valence electrons. The van der Waals surface area contributed by atoms with Crippen LogP contribution in [-0.2, 0) is 9.53 Å². The van der Waals surface area contributed by atoms with E-state index < -0.39 is 0 Å². The fourth-order valence-corrected chi connectivity index (χ4v) is 0.741. The van der Waals surface area contributed by atoms with Crippen molar-refractivity contribution in [2.24, 2.45) is 0 Å². The molecule has 2 N–H and O–H groups in total. The summed E-state index contributed by atoms with van der Waals surface area (Å²) in [5.74, 6) is -0.169. The van der Waals surface area contributed by atoms with Crippen LogP contribution in [0.2, 0.25) is 0 Å². The molecular formula is C8H17NO3. The van der Waals surface area contributed by atoms with Gasteiger partial charge in [0.15, 0.2) is 0 Å². The Morgan fingerprint density at radius 2 is 2.25 bits per heavy atom. The second-order valence-corrected chi connectivity index (χ2v) is 2.49. The summed E-state index contributed by atoms with van der Waals surface area (Å²) in [5, 5.41) is 11.4. The van der Waals surface area contributed by atoms with Crippen LogP contribution < -0.4 is 5.32 Å². The molecule has 4 nitrogen and oxygen atoms in total. The summed E-state index contributed by atoms with van der Waals surface area (Å²) in [6.07, 6.45) is 0.731. The van der Waals surface area contributed by atoms with E-state index in [1.54, 1.807) is 0 Å². The molecule has 12 heavy (non-hydrogen) atoms. The Balaban J connectivity index is 3.52. The van der Waals surface area contributed by atoms with Crippen molar-refractivity contribution in [3.8, 4) is 0 Å². The predicted octanol–water partition coefficient (Wildman–Crippen LogP) is -0.0900. The lowest BCUT2D eigenvalue weighted by Gasteiger charge is -2.13. The summed E-state index contributed by atoms with van der Waals surface area (Å²) >= 11 is 0. The minimum absolute atomic E-state index is 0.0195. The first-order valence-electron chi connectivity index (χ1n) is 4.22. The molecule has 0 aliphatic carbocycles. The highest BCUT2D eigenvalue weighted by Gasteiger charge is 2.07. The molecule has 0 aliphatic heterocycles. The van der Waals surface area contributed by atoms with E-state index in [2.05, 4.69) is 5.32 Å². The second kappa shape index (κ2) is 7.06. The van der Waals surface area contributed by atoms with Crippen LogP contribution in [0.3, 0.4) is 0 Å². The van der Waals surface area contributed by atoms with E-state index in [4.69, 9.17) is 9.84 Å². The third-order valence-electron chi connectivity index (χ3n) is 1.52. The van der Waals surface area contributed by atoms with Crippen molar-refractivity contribution >= 4 is 5.91 Å². The van der Waals surface area contributed by atoms with E-state index in [1.807, 2.05) is 13.8 Å². The van der Waals surface area contributed by atoms with Crippen molar-refractivity contribution in [3.05, 3.63) is 0 Å². The maximum atomic E-state index is 11.0. The smallest absolute Gasteiger partial charge is 0.246 e. The highest BCUT2D eigenvalue weighted by molar-refractivity contribution is 5.77. The Hall–Kier alpha value is -0.610. The van der Waals surface area contributed by atoms with Crippen molar-refractivity contribution in [2.75, 3.05) is 19.8 Å². The summed E-state index contributed by atoms with van der Waals surface area (Å²) in [7, 11) is 0. The van der Waals surface area contributed by atoms with Crippen molar-refractivity contribution in [1.29, 1.82) is 0 Å². The summed E-state index contributed by atoms with van der Waals surface area (Å²) < 4.78 is 4.89. The van der Waals surface area contributed by atoms with Gasteiger partial charge >= 0.3 is 0 Å². The van der Waals surface area contributed by atoms with Crippen LogP contribution in [0.4, 0.5) is 0 Å². The maximum Gasteiger partial charge on any atom is 0.246 e. The van der Waals surface area contributed by atoms with Crippen molar-refractivity contribution in [1.82, 2.24) is 5.32 Å². The quantitative estimate of drug-likeness (QED) is 0.593. The van der Waals surface area contributed by atoms with Gasteiger partial charge in [-0.15, -0.1) is 0 Å². The zero-order valence-corrected chi connectivity index (χ0v) is 7.67. The van der Waals surface area contributed by atoms with Gasteiger partial charge in [-0.25, -0.2) is 0 Å². The Kier molecular flexibility index (Phi) is 6.70. The third kappa shape index (κ3) is 5.09.